The van der Waals surface area contributed by atoms with Crippen LogP contribution in [0.15, 0.2) is 23.9 Å². The average molecular weight is 241 g/mol. The molecule has 6 heteroatoms. The molecule has 0 bridgehead atoms. The zero-order valence-corrected chi connectivity index (χ0v) is 9.94. The van der Waals surface area contributed by atoms with Gasteiger partial charge in [0.15, 0.2) is 9.84 Å². The molecule has 1 aromatic heterocycles. The molecule has 1 unspecified atom stereocenters. The highest BCUT2D eigenvalue weighted by Gasteiger charge is 2.20. The van der Waals surface area contributed by atoms with E-state index in [9.17, 15) is 8.42 Å². The summed E-state index contributed by atoms with van der Waals surface area (Å²) in [6.45, 7) is 3.51. The van der Waals surface area contributed by atoms with Crippen molar-refractivity contribution in [2.24, 2.45) is 0 Å². The third-order valence-corrected chi connectivity index (χ3v) is 3.90. The molecule has 0 saturated carbocycles. The van der Waals surface area contributed by atoms with Gasteiger partial charge in [0.25, 0.3) is 0 Å². The molecule has 1 aromatic rings. The van der Waals surface area contributed by atoms with Crippen molar-refractivity contribution in [2.45, 2.75) is 26.1 Å². The van der Waals surface area contributed by atoms with Gasteiger partial charge in [-0.25, -0.2) is 8.42 Å². The molecular formula is C10H15N3O2S. The van der Waals surface area contributed by atoms with E-state index in [1.54, 1.807) is 12.3 Å². The van der Waals surface area contributed by atoms with Crippen molar-refractivity contribution in [1.82, 2.24) is 15.1 Å². The zero-order chi connectivity index (χ0) is 11.6. The summed E-state index contributed by atoms with van der Waals surface area (Å²) in [5.41, 5.74) is 1.07. The molecule has 0 spiro atoms. The summed E-state index contributed by atoms with van der Waals surface area (Å²) in [6.07, 6.45) is 5.45. The molecule has 2 rings (SSSR count). The molecule has 5 nitrogen and oxygen atoms in total. The molecule has 0 radical (unpaired) electrons. The predicted molar refractivity (Wildman–Crippen MR) is 61.5 cm³/mol. The summed E-state index contributed by atoms with van der Waals surface area (Å²) in [5, 5.41) is 8.60. The quantitative estimate of drug-likeness (QED) is 0.823. The van der Waals surface area contributed by atoms with Crippen molar-refractivity contribution in [3.05, 3.63) is 29.4 Å². The topological polar surface area (TPSA) is 64.0 Å². The van der Waals surface area contributed by atoms with Gasteiger partial charge in [0, 0.05) is 36.3 Å². The Hall–Kier alpha value is -1.14. The highest BCUT2D eigenvalue weighted by atomic mass is 32.2. The highest BCUT2D eigenvalue weighted by Crippen LogP contribution is 2.08. The van der Waals surface area contributed by atoms with Crippen LogP contribution in [0.2, 0.25) is 0 Å². The van der Waals surface area contributed by atoms with Crippen LogP contribution in [0, 0.1) is 0 Å². The van der Waals surface area contributed by atoms with Crippen LogP contribution < -0.4 is 5.32 Å². The number of rotatable bonds is 4. The molecule has 1 aliphatic rings. The normalized spacial score (nSPS) is 22.7. The van der Waals surface area contributed by atoms with Gasteiger partial charge in [0.2, 0.25) is 0 Å². The summed E-state index contributed by atoms with van der Waals surface area (Å²) in [7, 11) is -2.96. The Balaban J connectivity index is 1.87. The first-order valence-electron chi connectivity index (χ1n) is 5.25. The van der Waals surface area contributed by atoms with Gasteiger partial charge in [-0.15, -0.1) is 0 Å². The number of aromatic nitrogens is 2. The Bertz CT molecular complexity index is 490. The number of nitrogens with zero attached hydrogens (tertiary/aromatic N) is 2. The Morgan fingerprint density at radius 3 is 3.00 bits per heavy atom. The van der Waals surface area contributed by atoms with E-state index in [1.807, 2.05) is 17.8 Å². The summed E-state index contributed by atoms with van der Waals surface area (Å²) < 4.78 is 24.2. The predicted octanol–water partition coefficient (Wildman–Crippen LogP) is 0.303. The monoisotopic (exact) mass is 241 g/mol. The van der Waals surface area contributed by atoms with Crippen LogP contribution in [0.1, 0.15) is 12.5 Å². The largest absolute Gasteiger partial charge is 0.305 e. The minimum absolute atomic E-state index is 0.0741. The Kier molecular flexibility index (Phi) is 3.11. The lowest BCUT2D eigenvalue weighted by atomic mass is 10.3. The second kappa shape index (κ2) is 4.39. The van der Waals surface area contributed by atoms with E-state index >= 15 is 0 Å². The maximum Gasteiger partial charge on any atom is 0.173 e. The smallest absolute Gasteiger partial charge is 0.173 e. The van der Waals surface area contributed by atoms with E-state index in [4.69, 9.17) is 0 Å². The van der Waals surface area contributed by atoms with Gasteiger partial charge in [-0.05, 0) is 6.92 Å². The Labute approximate surface area is 95.1 Å². The van der Waals surface area contributed by atoms with Crippen LogP contribution >= 0.6 is 0 Å². The van der Waals surface area contributed by atoms with Gasteiger partial charge >= 0.3 is 0 Å². The van der Waals surface area contributed by atoms with Crippen molar-refractivity contribution in [3.63, 3.8) is 0 Å². The fourth-order valence-electron chi connectivity index (χ4n) is 1.62. The number of sulfone groups is 1. The van der Waals surface area contributed by atoms with Crippen LogP contribution in [0.3, 0.4) is 0 Å². The molecule has 88 valence electrons. The summed E-state index contributed by atoms with van der Waals surface area (Å²) in [5.74, 6) is 0.162. The number of aryl methyl sites for hydroxylation is 1. The molecule has 1 atom stereocenters. The van der Waals surface area contributed by atoms with E-state index in [1.165, 1.54) is 5.41 Å². The molecule has 1 aliphatic heterocycles. The fraction of sp³-hybridized carbons (Fsp3) is 0.500. The molecule has 2 heterocycles. The lowest BCUT2D eigenvalue weighted by Crippen LogP contribution is -2.29. The van der Waals surface area contributed by atoms with Gasteiger partial charge in [-0.2, -0.15) is 5.10 Å². The standard InChI is InChI=1S/C10H15N3O2S/c1-2-13-7-9(6-12-13)5-11-10-3-4-16(14,15)8-10/h3-4,6-7,10-11H,2,5,8H2,1H3. The van der Waals surface area contributed by atoms with Crippen molar-refractivity contribution in [1.29, 1.82) is 0 Å². The SMILES string of the molecule is CCn1cc(CNC2C=CS(=O)(=O)C2)cn1. The molecule has 0 saturated heterocycles. The van der Waals surface area contributed by atoms with Crippen LogP contribution in [0.25, 0.3) is 0 Å². The minimum Gasteiger partial charge on any atom is -0.305 e. The first-order chi connectivity index (χ1) is 7.59. The van der Waals surface area contributed by atoms with Crippen LogP contribution in [-0.2, 0) is 22.9 Å². The number of nitrogens with one attached hydrogen (secondary N) is 1. The van der Waals surface area contributed by atoms with E-state index in [0.717, 1.165) is 12.1 Å². The Morgan fingerprint density at radius 1 is 1.62 bits per heavy atom. The lowest BCUT2D eigenvalue weighted by Gasteiger charge is -2.07. The molecule has 0 amide bonds. The van der Waals surface area contributed by atoms with Crippen molar-refractivity contribution >= 4 is 9.84 Å². The van der Waals surface area contributed by atoms with Gasteiger partial charge in [0.1, 0.15) is 0 Å². The van der Waals surface area contributed by atoms with Crippen LogP contribution in [-0.4, -0.2) is 30.0 Å². The maximum atomic E-state index is 11.2. The van der Waals surface area contributed by atoms with Gasteiger partial charge in [-0.1, -0.05) is 6.08 Å². The van der Waals surface area contributed by atoms with Gasteiger partial charge in [0.05, 0.1) is 11.9 Å². The second-order valence-electron chi connectivity index (χ2n) is 3.85. The molecule has 0 aliphatic carbocycles. The second-order valence-corrected chi connectivity index (χ2v) is 5.78. The van der Waals surface area contributed by atoms with E-state index < -0.39 is 9.84 Å². The number of hydrogen-bond donors (Lipinski definition) is 1. The van der Waals surface area contributed by atoms with E-state index in [-0.39, 0.29) is 11.8 Å². The minimum atomic E-state index is -2.96. The van der Waals surface area contributed by atoms with E-state index in [0.29, 0.717) is 6.54 Å². The third kappa shape index (κ3) is 2.70. The van der Waals surface area contributed by atoms with Crippen molar-refractivity contribution in [3.8, 4) is 0 Å². The Morgan fingerprint density at radius 2 is 2.44 bits per heavy atom. The molecular weight excluding hydrogens is 226 g/mol. The van der Waals surface area contributed by atoms with Crippen LogP contribution in [0.4, 0.5) is 0 Å². The van der Waals surface area contributed by atoms with Gasteiger partial charge < -0.3 is 5.32 Å². The molecule has 16 heavy (non-hydrogen) atoms. The lowest BCUT2D eigenvalue weighted by molar-refractivity contribution is 0.590. The molecule has 0 aromatic carbocycles. The highest BCUT2D eigenvalue weighted by molar-refractivity contribution is 7.94. The first-order valence-corrected chi connectivity index (χ1v) is 6.96. The molecule has 0 fully saturated rings. The third-order valence-electron chi connectivity index (χ3n) is 2.51. The summed E-state index contributed by atoms with van der Waals surface area (Å²) >= 11 is 0. The molecule has 1 N–H and O–H groups in total. The van der Waals surface area contributed by atoms with Crippen molar-refractivity contribution < 1.29 is 8.42 Å². The zero-order valence-electron chi connectivity index (χ0n) is 9.13. The summed E-state index contributed by atoms with van der Waals surface area (Å²) in [6, 6.07) is -0.0741. The number of hydrogen-bond acceptors (Lipinski definition) is 4. The summed E-state index contributed by atoms with van der Waals surface area (Å²) in [4.78, 5) is 0. The fourth-order valence-corrected chi connectivity index (χ4v) is 2.89. The first kappa shape index (κ1) is 11.3. The maximum absolute atomic E-state index is 11.2. The average Bonchev–Trinajstić information content (AvgIpc) is 2.81. The van der Waals surface area contributed by atoms with Crippen LogP contribution in [0.5, 0.6) is 0 Å². The van der Waals surface area contributed by atoms with Gasteiger partial charge in [-0.3, -0.25) is 4.68 Å². The van der Waals surface area contributed by atoms with Crippen molar-refractivity contribution in [2.75, 3.05) is 5.75 Å². The van der Waals surface area contributed by atoms with E-state index in [2.05, 4.69) is 10.4 Å².